The highest BCUT2D eigenvalue weighted by Gasteiger charge is 2.58. The van der Waals surface area contributed by atoms with Crippen molar-refractivity contribution in [2.75, 3.05) is 45.8 Å². The molecule has 0 aromatic heterocycles. The molecular formula is C23H27ClN4O3. The molecule has 3 amide bonds. The van der Waals surface area contributed by atoms with Crippen LogP contribution in [0.2, 0.25) is 0 Å². The van der Waals surface area contributed by atoms with Crippen molar-refractivity contribution in [3.05, 3.63) is 71.8 Å². The highest BCUT2D eigenvalue weighted by molar-refractivity contribution is 5.85. The Morgan fingerprint density at radius 2 is 1.45 bits per heavy atom. The van der Waals surface area contributed by atoms with E-state index in [2.05, 4.69) is 5.32 Å². The third kappa shape index (κ3) is 3.62. The summed E-state index contributed by atoms with van der Waals surface area (Å²) in [6, 6.07) is 19.5. The molecule has 0 bridgehead atoms. The van der Waals surface area contributed by atoms with E-state index in [0.717, 1.165) is 24.2 Å². The molecular weight excluding hydrogens is 416 g/mol. The lowest BCUT2D eigenvalue weighted by Crippen LogP contribution is -2.61. The van der Waals surface area contributed by atoms with Gasteiger partial charge in [-0.15, -0.1) is 12.4 Å². The summed E-state index contributed by atoms with van der Waals surface area (Å²) < 4.78 is 6.17. The van der Waals surface area contributed by atoms with Crippen molar-refractivity contribution >= 4 is 24.5 Å². The van der Waals surface area contributed by atoms with E-state index in [9.17, 15) is 9.59 Å². The minimum absolute atomic E-state index is 0. The van der Waals surface area contributed by atoms with E-state index in [1.54, 1.807) is 4.90 Å². The first kappa shape index (κ1) is 21.5. The van der Waals surface area contributed by atoms with Gasteiger partial charge in [-0.05, 0) is 0 Å². The molecule has 0 radical (unpaired) electrons. The number of ether oxygens (including phenoxy) is 1. The van der Waals surface area contributed by atoms with Gasteiger partial charge < -0.3 is 19.9 Å². The van der Waals surface area contributed by atoms with Crippen molar-refractivity contribution in [3.63, 3.8) is 0 Å². The van der Waals surface area contributed by atoms with Gasteiger partial charge in [0.1, 0.15) is 6.04 Å². The molecule has 0 spiro atoms. The van der Waals surface area contributed by atoms with Gasteiger partial charge in [0.25, 0.3) is 0 Å². The summed E-state index contributed by atoms with van der Waals surface area (Å²) in [5, 5.41) is 3.29. The number of hydrogen-bond donors (Lipinski definition) is 1. The first-order valence-electron chi connectivity index (χ1n) is 10.6. The van der Waals surface area contributed by atoms with E-state index in [-0.39, 0.29) is 30.6 Å². The van der Waals surface area contributed by atoms with Crippen LogP contribution in [0, 0.1) is 0 Å². The average Bonchev–Trinajstić information content (AvgIpc) is 3.13. The second kappa shape index (κ2) is 8.77. The van der Waals surface area contributed by atoms with Crippen LogP contribution in [0.5, 0.6) is 0 Å². The number of benzene rings is 2. The van der Waals surface area contributed by atoms with Crippen molar-refractivity contribution in [1.29, 1.82) is 0 Å². The van der Waals surface area contributed by atoms with Crippen LogP contribution in [0.25, 0.3) is 0 Å². The third-order valence-corrected chi connectivity index (χ3v) is 6.40. The maximum atomic E-state index is 13.2. The highest BCUT2D eigenvalue weighted by atomic mass is 35.5. The topological polar surface area (TPSA) is 65.1 Å². The number of halogens is 1. The molecule has 3 saturated heterocycles. The zero-order valence-electron chi connectivity index (χ0n) is 17.3. The zero-order chi connectivity index (χ0) is 20.6. The van der Waals surface area contributed by atoms with Crippen molar-refractivity contribution < 1.29 is 14.3 Å². The Hall–Kier alpha value is -2.77. The molecule has 164 valence electrons. The standard InChI is InChI=1S/C23H26N4O3.ClH/c28-21(25-13-11-24-12-14-25)26-15-16-27-20(17-26)23(30-22(27)29,18-7-3-1-4-8-18)19-9-5-2-6-10-19;/h1-10,20,24H,11-17H2;1H. The summed E-state index contributed by atoms with van der Waals surface area (Å²) in [7, 11) is 0. The molecule has 8 heteroatoms. The van der Waals surface area contributed by atoms with Crippen molar-refractivity contribution in [2.24, 2.45) is 0 Å². The molecule has 3 fully saturated rings. The molecule has 3 aliphatic rings. The highest BCUT2D eigenvalue weighted by Crippen LogP contribution is 2.45. The number of nitrogens with one attached hydrogen (secondary N) is 1. The fraction of sp³-hybridized carbons (Fsp3) is 0.391. The number of urea groups is 1. The first-order chi connectivity index (χ1) is 14.7. The molecule has 1 unspecified atom stereocenters. The molecule has 2 aromatic carbocycles. The summed E-state index contributed by atoms with van der Waals surface area (Å²) in [6.07, 6.45) is -0.318. The van der Waals surface area contributed by atoms with Gasteiger partial charge in [-0.3, -0.25) is 4.90 Å². The van der Waals surface area contributed by atoms with Crippen LogP contribution >= 0.6 is 12.4 Å². The summed E-state index contributed by atoms with van der Waals surface area (Å²) >= 11 is 0. The maximum Gasteiger partial charge on any atom is 0.411 e. The van der Waals surface area contributed by atoms with Gasteiger partial charge in [-0.25, -0.2) is 9.59 Å². The van der Waals surface area contributed by atoms with Crippen LogP contribution in [-0.4, -0.2) is 78.7 Å². The van der Waals surface area contributed by atoms with Crippen molar-refractivity contribution in [3.8, 4) is 0 Å². The lowest BCUT2D eigenvalue weighted by molar-refractivity contribution is 0.0459. The Balaban J connectivity index is 0.00000231. The van der Waals surface area contributed by atoms with Crippen LogP contribution in [0.3, 0.4) is 0 Å². The smallest absolute Gasteiger partial charge is 0.411 e. The van der Waals surface area contributed by atoms with Crippen LogP contribution in [-0.2, 0) is 10.3 Å². The summed E-state index contributed by atoms with van der Waals surface area (Å²) in [6.45, 7) is 4.49. The van der Waals surface area contributed by atoms with Crippen molar-refractivity contribution in [1.82, 2.24) is 20.0 Å². The monoisotopic (exact) mass is 442 g/mol. The average molecular weight is 443 g/mol. The minimum Gasteiger partial charge on any atom is -0.431 e. The van der Waals surface area contributed by atoms with E-state index < -0.39 is 5.60 Å². The number of fused-ring (bicyclic) bond motifs is 1. The molecule has 31 heavy (non-hydrogen) atoms. The van der Waals surface area contributed by atoms with Gasteiger partial charge in [0, 0.05) is 56.9 Å². The number of nitrogens with zero attached hydrogens (tertiary/aromatic N) is 3. The number of carbonyl (C=O) groups excluding carboxylic acids is 2. The molecule has 3 aliphatic heterocycles. The number of piperazine rings is 2. The van der Waals surface area contributed by atoms with Gasteiger partial charge in [0.15, 0.2) is 5.60 Å². The Kier molecular flexibility index (Phi) is 6.07. The number of cyclic esters (lactones) is 1. The lowest BCUT2D eigenvalue weighted by atomic mass is 9.79. The molecule has 3 heterocycles. The van der Waals surface area contributed by atoms with Gasteiger partial charge in [-0.2, -0.15) is 0 Å². The van der Waals surface area contributed by atoms with Crippen LogP contribution in [0.15, 0.2) is 60.7 Å². The van der Waals surface area contributed by atoms with Gasteiger partial charge in [0.05, 0.1) is 0 Å². The van der Waals surface area contributed by atoms with E-state index in [0.29, 0.717) is 32.7 Å². The molecule has 1 atom stereocenters. The summed E-state index contributed by atoms with van der Waals surface area (Å²) in [5.41, 5.74) is 0.907. The normalized spacial score (nSPS) is 22.4. The minimum atomic E-state index is -0.942. The van der Waals surface area contributed by atoms with E-state index in [1.807, 2.05) is 70.5 Å². The van der Waals surface area contributed by atoms with E-state index in [4.69, 9.17) is 4.74 Å². The van der Waals surface area contributed by atoms with Gasteiger partial charge in [0.2, 0.25) is 0 Å². The SMILES string of the molecule is Cl.O=C(N1CCNCC1)N1CCN2C(=O)OC(c3ccccc3)(c3ccccc3)C2C1. The van der Waals surface area contributed by atoms with Gasteiger partial charge in [-0.1, -0.05) is 60.7 Å². The molecule has 0 aliphatic carbocycles. The zero-order valence-corrected chi connectivity index (χ0v) is 18.1. The summed E-state index contributed by atoms with van der Waals surface area (Å²) in [4.78, 5) is 31.7. The fourth-order valence-electron chi connectivity index (χ4n) is 4.88. The number of carbonyl (C=O) groups is 2. The third-order valence-electron chi connectivity index (χ3n) is 6.40. The number of hydrogen-bond acceptors (Lipinski definition) is 4. The largest absolute Gasteiger partial charge is 0.431 e. The van der Waals surface area contributed by atoms with Crippen LogP contribution in [0.1, 0.15) is 11.1 Å². The summed E-state index contributed by atoms with van der Waals surface area (Å²) in [5.74, 6) is 0. The molecule has 7 nitrogen and oxygen atoms in total. The molecule has 0 saturated carbocycles. The predicted octanol–water partition coefficient (Wildman–Crippen LogP) is 2.51. The second-order valence-electron chi connectivity index (χ2n) is 8.01. The lowest BCUT2D eigenvalue weighted by Gasteiger charge is -2.43. The second-order valence-corrected chi connectivity index (χ2v) is 8.01. The molecule has 1 N–H and O–H groups in total. The molecule has 5 rings (SSSR count). The van der Waals surface area contributed by atoms with E-state index >= 15 is 0 Å². The predicted molar refractivity (Wildman–Crippen MR) is 119 cm³/mol. The fourth-order valence-corrected chi connectivity index (χ4v) is 4.88. The van der Waals surface area contributed by atoms with Crippen LogP contribution < -0.4 is 5.32 Å². The molecule has 2 aromatic rings. The Bertz CT molecular complexity index is 881. The van der Waals surface area contributed by atoms with Gasteiger partial charge >= 0.3 is 12.1 Å². The van der Waals surface area contributed by atoms with Crippen LogP contribution in [0.4, 0.5) is 9.59 Å². The maximum absolute atomic E-state index is 13.2. The Morgan fingerprint density at radius 3 is 2.03 bits per heavy atom. The quantitative estimate of drug-likeness (QED) is 0.776. The van der Waals surface area contributed by atoms with Crippen molar-refractivity contribution in [2.45, 2.75) is 11.6 Å². The Labute approximate surface area is 188 Å². The van der Waals surface area contributed by atoms with E-state index in [1.165, 1.54) is 0 Å². The number of rotatable bonds is 2. The number of amides is 3. The Morgan fingerprint density at radius 1 is 0.871 bits per heavy atom. The first-order valence-corrected chi connectivity index (χ1v) is 10.6.